The van der Waals surface area contributed by atoms with Crippen LogP contribution in [0, 0.1) is 11.6 Å². The van der Waals surface area contributed by atoms with E-state index >= 15 is 0 Å². The van der Waals surface area contributed by atoms with E-state index in [9.17, 15) is 8.78 Å². The predicted octanol–water partition coefficient (Wildman–Crippen LogP) is 4.39. The molecule has 0 bridgehead atoms. The van der Waals surface area contributed by atoms with Gasteiger partial charge in [0.25, 0.3) is 0 Å². The van der Waals surface area contributed by atoms with E-state index in [1.165, 1.54) is 0 Å². The summed E-state index contributed by atoms with van der Waals surface area (Å²) >= 11 is 6.15. The number of hydrogen-bond acceptors (Lipinski definition) is 1. The number of rotatable bonds is 4. The Labute approximate surface area is 116 Å². The van der Waals surface area contributed by atoms with E-state index in [-0.39, 0.29) is 5.56 Å². The Morgan fingerprint density at radius 1 is 1.05 bits per heavy atom. The summed E-state index contributed by atoms with van der Waals surface area (Å²) in [5, 5.41) is 3.60. The molecule has 0 saturated carbocycles. The van der Waals surface area contributed by atoms with Gasteiger partial charge in [0.15, 0.2) is 0 Å². The van der Waals surface area contributed by atoms with E-state index in [2.05, 4.69) is 5.32 Å². The lowest BCUT2D eigenvalue weighted by atomic mass is 10.0. The fourth-order valence-electron chi connectivity index (χ4n) is 1.86. The lowest BCUT2D eigenvalue weighted by Crippen LogP contribution is -2.11. The van der Waals surface area contributed by atoms with Crippen molar-refractivity contribution in [2.24, 2.45) is 0 Å². The van der Waals surface area contributed by atoms with Crippen LogP contribution in [-0.4, -0.2) is 6.54 Å². The van der Waals surface area contributed by atoms with E-state index < -0.39 is 11.6 Å². The van der Waals surface area contributed by atoms with Crippen LogP contribution in [0.25, 0.3) is 11.1 Å². The minimum atomic E-state index is -0.484. The second-order valence-electron chi connectivity index (χ2n) is 4.22. The Kier molecular flexibility index (Phi) is 4.51. The van der Waals surface area contributed by atoms with E-state index in [0.717, 1.165) is 30.3 Å². The van der Waals surface area contributed by atoms with Gasteiger partial charge in [-0.25, -0.2) is 8.78 Å². The molecule has 4 heteroatoms. The van der Waals surface area contributed by atoms with Gasteiger partial charge in [-0.05, 0) is 36.4 Å². The highest BCUT2D eigenvalue weighted by molar-refractivity contribution is 6.33. The van der Waals surface area contributed by atoms with Crippen LogP contribution < -0.4 is 5.32 Å². The largest absolute Gasteiger partial charge is 0.313 e. The first kappa shape index (κ1) is 14.0. The summed E-state index contributed by atoms with van der Waals surface area (Å²) < 4.78 is 26.9. The van der Waals surface area contributed by atoms with Gasteiger partial charge < -0.3 is 5.32 Å². The highest BCUT2D eigenvalue weighted by Gasteiger charge is 2.10. The van der Waals surface area contributed by atoms with Gasteiger partial charge in [-0.2, -0.15) is 0 Å². The Balaban J connectivity index is 2.37. The van der Waals surface area contributed by atoms with E-state index in [0.29, 0.717) is 17.1 Å². The molecule has 19 heavy (non-hydrogen) atoms. The molecule has 0 aliphatic carbocycles. The van der Waals surface area contributed by atoms with Crippen LogP contribution in [-0.2, 0) is 6.54 Å². The normalized spacial score (nSPS) is 10.7. The molecule has 0 aliphatic heterocycles. The zero-order chi connectivity index (χ0) is 13.8. The van der Waals surface area contributed by atoms with Gasteiger partial charge >= 0.3 is 0 Å². The van der Waals surface area contributed by atoms with Gasteiger partial charge in [0.05, 0.1) is 0 Å². The van der Waals surface area contributed by atoms with E-state index in [1.54, 1.807) is 12.1 Å². The topological polar surface area (TPSA) is 12.0 Å². The minimum Gasteiger partial charge on any atom is -0.313 e. The van der Waals surface area contributed by atoms with Crippen molar-refractivity contribution in [1.82, 2.24) is 5.32 Å². The summed E-state index contributed by atoms with van der Waals surface area (Å²) in [6, 6.07) is 8.69. The van der Waals surface area contributed by atoms with Crippen LogP contribution in [0.4, 0.5) is 8.78 Å². The first-order chi connectivity index (χ1) is 9.11. The molecule has 2 aromatic rings. The molecule has 1 nitrogen and oxygen atoms in total. The molecule has 0 spiro atoms. The van der Waals surface area contributed by atoms with Gasteiger partial charge in [-0.1, -0.05) is 30.7 Å². The maximum Gasteiger partial charge on any atom is 0.131 e. The number of hydrogen-bond donors (Lipinski definition) is 1. The Morgan fingerprint density at radius 2 is 1.84 bits per heavy atom. The van der Waals surface area contributed by atoms with E-state index in [1.807, 2.05) is 13.0 Å². The summed E-state index contributed by atoms with van der Waals surface area (Å²) in [4.78, 5) is 0. The second-order valence-corrected chi connectivity index (χ2v) is 4.63. The Bertz CT molecular complexity index is 584. The first-order valence-electron chi connectivity index (χ1n) is 6.06. The molecule has 2 aromatic carbocycles. The molecule has 0 heterocycles. The molecule has 0 saturated heterocycles. The van der Waals surface area contributed by atoms with Crippen LogP contribution in [0.15, 0.2) is 36.4 Å². The molecule has 0 atom stereocenters. The van der Waals surface area contributed by atoms with Crippen molar-refractivity contribution in [1.29, 1.82) is 0 Å². The lowest BCUT2D eigenvalue weighted by Gasteiger charge is -2.09. The molecule has 0 fully saturated rings. The SMILES string of the molecule is CCNCc1ccc(-c2cc(F)ccc2F)c(Cl)c1. The lowest BCUT2D eigenvalue weighted by molar-refractivity contribution is 0.603. The van der Waals surface area contributed by atoms with Gasteiger partial charge in [0.2, 0.25) is 0 Å². The van der Waals surface area contributed by atoms with Crippen molar-refractivity contribution in [3.63, 3.8) is 0 Å². The second kappa shape index (κ2) is 6.13. The predicted molar refractivity (Wildman–Crippen MR) is 74.2 cm³/mol. The van der Waals surface area contributed by atoms with Crippen molar-refractivity contribution < 1.29 is 8.78 Å². The zero-order valence-electron chi connectivity index (χ0n) is 10.5. The minimum absolute atomic E-state index is 0.181. The molecule has 2 rings (SSSR count). The van der Waals surface area contributed by atoms with Gasteiger partial charge in [0, 0.05) is 22.7 Å². The van der Waals surface area contributed by atoms with Crippen LogP contribution in [0.1, 0.15) is 12.5 Å². The molecular formula is C15H14ClF2N. The van der Waals surface area contributed by atoms with Crippen molar-refractivity contribution in [2.75, 3.05) is 6.54 Å². The maximum atomic E-state index is 13.7. The Morgan fingerprint density at radius 3 is 2.53 bits per heavy atom. The van der Waals surface area contributed by atoms with Crippen molar-refractivity contribution in [2.45, 2.75) is 13.5 Å². The van der Waals surface area contributed by atoms with Crippen molar-refractivity contribution in [3.05, 3.63) is 58.6 Å². The fraction of sp³-hybridized carbons (Fsp3) is 0.200. The third kappa shape index (κ3) is 3.31. The fourth-order valence-corrected chi connectivity index (χ4v) is 2.17. The molecular weight excluding hydrogens is 268 g/mol. The highest BCUT2D eigenvalue weighted by atomic mass is 35.5. The van der Waals surface area contributed by atoms with E-state index in [4.69, 9.17) is 11.6 Å². The number of benzene rings is 2. The van der Waals surface area contributed by atoms with Gasteiger partial charge in [0.1, 0.15) is 11.6 Å². The van der Waals surface area contributed by atoms with Crippen molar-refractivity contribution in [3.8, 4) is 11.1 Å². The van der Waals surface area contributed by atoms with Crippen LogP contribution in [0.5, 0.6) is 0 Å². The molecule has 0 unspecified atom stereocenters. The summed E-state index contributed by atoms with van der Waals surface area (Å²) in [6.07, 6.45) is 0. The molecule has 0 radical (unpaired) electrons. The summed E-state index contributed by atoms with van der Waals surface area (Å²) in [6.45, 7) is 3.57. The molecule has 0 aromatic heterocycles. The van der Waals surface area contributed by atoms with Crippen LogP contribution in [0.2, 0.25) is 5.02 Å². The molecule has 100 valence electrons. The third-order valence-electron chi connectivity index (χ3n) is 2.83. The summed E-state index contributed by atoms with van der Waals surface area (Å²) in [7, 11) is 0. The number of nitrogens with one attached hydrogen (secondary N) is 1. The first-order valence-corrected chi connectivity index (χ1v) is 6.44. The van der Waals surface area contributed by atoms with Crippen molar-refractivity contribution >= 4 is 11.6 Å². The smallest absolute Gasteiger partial charge is 0.131 e. The highest BCUT2D eigenvalue weighted by Crippen LogP contribution is 2.31. The van der Waals surface area contributed by atoms with Crippen LogP contribution >= 0.6 is 11.6 Å². The average Bonchev–Trinajstić information content (AvgIpc) is 2.40. The standard InChI is InChI=1S/C15H14ClF2N/c1-2-19-9-10-3-5-12(14(16)7-10)13-8-11(17)4-6-15(13)18/h3-8,19H,2,9H2,1H3. The van der Waals surface area contributed by atoms with Gasteiger partial charge in [-0.3, -0.25) is 0 Å². The molecule has 0 amide bonds. The summed E-state index contributed by atoms with van der Waals surface area (Å²) in [5.41, 5.74) is 1.69. The number of halogens is 3. The van der Waals surface area contributed by atoms with Crippen LogP contribution in [0.3, 0.4) is 0 Å². The zero-order valence-corrected chi connectivity index (χ0v) is 11.3. The monoisotopic (exact) mass is 281 g/mol. The third-order valence-corrected chi connectivity index (χ3v) is 3.14. The average molecular weight is 282 g/mol. The molecule has 0 aliphatic rings. The quantitative estimate of drug-likeness (QED) is 0.876. The van der Waals surface area contributed by atoms with Gasteiger partial charge in [-0.15, -0.1) is 0 Å². The molecule has 1 N–H and O–H groups in total. The Hall–Kier alpha value is -1.45. The summed E-state index contributed by atoms with van der Waals surface area (Å²) in [5.74, 6) is -0.966. The maximum absolute atomic E-state index is 13.7.